The Kier molecular flexibility index (Phi) is 2.69. The van der Waals surface area contributed by atoms with Crippen LogP contribution in [0.5, 0.6) is 0 Å². The highest BCUT2D eigenvalue weighted by molar-refractivity contribution is 5.88. The van der Waals surface area contributed by atoms with Crippen LogP contribution in [0.1, 0.15) is 16.8 Å². The number of benzene rings is 1. The largest absolute Gasteiger partial charge is 0.361 e. The number of nitrogens with one attached hydrogen (secondary N) is 1. The molecule has 88 valence electrons. The number of aromatic amines is 1. The van der Waals surface area contributed by atoms with Gasteiger partial charge in [0.25, 0.3) is 0 Å². The van der Waals surface area contributed by atoms with Gasteiger partial charge < -0.3 is 4.98 Å². The zero-order valence-electron chi connectivity index (χ0n) is 10.2. The summed E-state index contributed by atoms with van der Waals surface area (Å²) in [5.41, 5.74) is 5.69. The first-order valence-electron chi connectivity index (χ1n) is 6.00. The Morgan fingerprint density at radius 2 is 1.94 bits per heavy atom. The van der Waals surface area contributed by atoms with Gasteiger partial charge in [-0.2, -0.15) is 0 Å². The lowest BCUT2D eigenvalue weighted by Gasteiger charge is -2.08. The Hall–Kier alpha value is -2.35. The maximum absolute atomic E-state index is 4.41. The molecule has 2 nitrogen and oxygen atoms in total. The van der Waals surface area contributed by atoms with Gasteiger partial charge in [0.2, 0.25) is 0 Å². The number of H-pyrrole nitrogens is 1. The van der Waals surface area contributed by atoms with Crippen LogP contribution in [0, 0.1) is 6.92 Å². The second-order valence-corrected chi connectivity index (χ2v) is 4.35. The van der Waals surface area contributed by atoms with Crippen LogP contribution in [0.25, 0.3) is 5.57 Å². The van der Waals surface area contributed by atoms with Gasteiger partial charge in [-0.05, 0) is 36.8 Å². The van der Waals surface area contributed by atoms with Crippen molar-refractivity contribution in [1.82, 2.24) is 4.98 Å². The number of hydrogen-bond acceptors (Lipinski definition) is 1. The molecule has 0 saturated carbocycles. The van der Waals surface area contributed by atoms with E-state index in [2.05, 4.69) is 47.2 Å². The molecule has 1 N–H and O–H groups in total. The topological polar surface area (TPSA) is 28.1 Å². The summed E-state index contributed by atoms with van der Waals surface area (Å²) in [5.74, 6) is 0. The van der Waals surface area contributed by atoms with E-state index in [0.29, 0.717) is 0 Å². The van der Waals surface area contributed by atoms with Crippen molar-refractivity contribution >= 4 is 11.8 Å². The Morgan fingerprint density at radius 1 is 1.11 bits per heavy atom. The summed E-state index contributed by atoms with van der Waals surface area (Å²) in [5, 5.41) is 0. The van der Waals surface area contributed by atoms with Crippen molar-refractivity contribution in [1.29, 1.82) is 0 Å². The van der Waals surface area contributed by atoms with E-state index in [4.69, 9.17) is 0 Å². The SMILES string of the molecule is Cc1ccc(/C(=C2\C=CC=N2)c2ccc[nH]2)cc1. The molecule has 0 spiro atoms. The fourth-order valence-corrected chi connectivity index (χ4v) is 2.10. The second kappa shape index (κ2) is 4.49. The van der Waals surface area contributed by atoms with E-state index in [1.807, 2.05) is 30.6 Å². The van der Waals surface area contributed by atoms with Crippen LogP contribution in [-0.4, -0.2) is 11.2 Å². The molecule has 0 saturated heterocycles. The van der Waals surface area contributed by atoms with Crippen molar-refractivity contribution in [2.45, 2.75) is 6.92 Å². The zero-order chi connectivity index (χ0) is 12.4. The Labute approximate surface area is 106 Å². The Morgan fingerprint density at radius 3 is 2.56 bits per heavy atom. The third kappa shape index (κ3) is 1.93. The molecule has 1 aromatic heterocycles. The number of allylic oxidation sites excluding steroid dienone is 2. The first-order chi connectivity index (χ1) is 8.84. The fraction of sp³-hybridized carbons (Fsp3) is 0.0625. The van der Waals surface area contributed by atoms with Crippen LogP contribution in [-0.2, 0) is 0 Å². The minimum atomic E-state index is 1.00. The quantitative estimate of drug-likeness (QED) is 0.820. The number of aromatic nitrogens is 1. The predicted octanol–water partition coefficient (Wildman–Crippen LogP) is 3.72. The molecule has 0 atom stereocenters. The average molecular weight is 234 g/mol. The molecule has 0 radical (unpaired) electrons. The summed E-state index contributed by atoms with van der Waals surface area (Å²) in [6.45, 7) is 2.10. The number of aliphatic imine (C=N–C) groups is 1. The van der Waals surface area contributed by atoms with Crippen LogP contribution < -0.4 is 0 Å². The summed E-state index contributed by atoms with van der Waals surface area (Å²) < 4.78 is 0. The molecule has 0 fully saturated rings. The molecular weight excluding hydrogens is 220 g/mol. The second-order valence-electron chi connectivity index (χ2n) is 4.35. The van der Waals surface area contributed by atoms with Crippen LogP contribution in [0.4, 0.5) is 0 Å². The summed E-state index contributed by atoms with van der Waals surface area (Å²) in [4.78, 5) is 7.68. The van der Waals surface area contributed by atoms with Gasteiger partial charge in [-0.15, -0.1) is 0 Å². The standard InChI is InChI=1S/C16H14N2/c1-12-6-8-13(9-7-12)16(14-4-2-10-17-14)15-5-3-11-18-15/h2-11,17H,1H3/b16-15-. The van der Waals surface area contributed by atoms with Crippen molar-refractivity contribution in [2.24, 2.45) is 4.99 Å². The molecule has 0 amide bonds. The zero-order valence-corrected chi connectivity index (χ0v) is 10.2. The number of aryl methyl sites for hydroxylation is 1. The van der Waals surface area contributed by atoms with Crippen molar-refractivity contribution in [3.8, 4) is 0 Å². The Bertz CT molecular complexity index is 612. The summed E-state index contributed by atoms with van der Waals surface area (Å²) in [6.07, 6.45) is 7.77. The van der Waals surface area contributed by atoms with Gasteiger partial charge in [-0.3, -0.25) is 4.99 Å². The maximum atomic E-state index is 4.41. The molecule has 2 heteroatoms. The highest BCUT2D eigenvalue weighted by Gasteiger charge is 2.11. The fourth-order valence-electron chi connectivity index (χ4n) is 2.10. The van der Waals surface area contributed by atoms with Gasteiger partial charge in [0, 0.05) is 23.7 Å². The number of nitrogens with zero attached hydrogens (tertiary/aromatic N) is 1. The van der Waals surface area contributed by atoms with E-state index in [1.165, 1.54) is 11.1 Å². The van der Waals surface area contributed by atoms with Gasteiger partial charge in [0.1, 0.15) is 0 Å². The lowest BCUT2D eigenvalue weighted by Crippen LogP contribution is -1.91. The molecule has 0 unspecified atom stereocenters. The average Bonchev–Trinajstić information content (AvgIpc) is 3.06. The van der Waals surface area contributed by atoms with Gasteiger partial charge in [0.15, 0.2) is 0 Å². The number of hydrogen-bond donors (Lipinski definition) is 1. The van der Waals surface area contributed by atoms with Crippen LogP contribution in [0.2, 0.25) is 0 Å². The van der Waals surface area contributed by atoms with Crippen molar-refractivity contribution in [3.63, 3.8) is 0 Å². The van der Waals surface area contributed by atoms with Crippen LogP contribution in [0.15, 0.2) is 65.4 Å². The molecule has 18 heavy (non-hydrogen) atoms. The normalized spacial score (nSPS) is 16.3. The first-order valence-corrected chi connectivity index (χ1v) is 6.00. The molecule has 2 heterocycles. The molecule has 3 rings (SSSR count). The van der Waals surface area contributed by atoms with Gasteiger partial charge in [0.05, 0.1) is 5.70 Å². The molecular formula is C16H14N2. The van der Waals surface area contributed by atoms with Crippen LogP contribution >= 0.6 is 0 Å². The van der Waals surface area contributed by atoms with Crippen molar-refractivity contribution in [3.05, 3.63) is 77.3 Å². The van der Waals surface area contributed by atoms with Gasteiger partial charge >= 0.3 is 0 Å². The van der Waals surface area contributed by atoms with Crippen LogP contribution in [0.3, 0.4) is 0 Å². The minimum absolute atomic E-state index is 1.00. The summed E-state index contributed by atoms with van der Waals surface area (Å²) in [6, 6.07) is 12.6. The van der Waals surface area contributed by atoms with Crippen molar-refractivity contribution < 1.29 is 0 Å². The maximum Gasteiger partial charge on any atom is 0.0729 e. The predicted molar refractivity (Wildman–Crippen MR) is 75.6 cm³/mol. The number of rotatable bonds is 2. The van der Waals surface area contributed by atoms with E-state index >= 15 is 0 Å². The summed E-state index contributed by atoms with van der Waals surface area (Å²) >= 11 is 0. The Balaban J connectivity index is 2.18. The third-order valence-corrected chi connectivity index (χ3v) is 3.02. The molecule has 1 aliphatic heterocycles. The molecule has 2 aromatic rings. The van der Waals surface area contributed by atoms with E-state index in [-0.39, 0.29) is 0 Å². The van der Waals surface area contributed by atoms with E-state index in [1.54, 1.807) is 0 Å². The highest BCUT2D eigenvalue weighted by atomic mass is 14.8. The van der Waals surface area contributed by atoms with E-state index in [0.717, 1.165) is 17.0 Å². The molecule has 0 bridgehead atoms. The smallest absolute Gasteiger partial charge is 0.0729 e. The molecule has 1 aromatic carbocycles. The molecule has 0 aliphatic carbocycles. The summed E-state index contributed by atoms with van der Waals surface area (Å²) in [7, 11) is 0. The lowest BCUT2D eigenvalue weighted by atomic mass is 9.99. The molecule has 1 aliphatic rings. The highest BCUT2D eigenvalue weighted by Crippen LogP contribution is 2.28. The first kappa shape index (κ1) is 10.8. The monoisotopic (exact) mass is 234 g/mol. The van der Waals surface area contributed by atoms with Crippen molar-refractivity contribution in [2.75, 3.05) is 0 Å². The van der Waals surface area contributed by atoms with E-state index < -0.39 is 0 Å². The van der Waals surface area contributed by atoms with E-state index in [9.17, 15) is 0 Å². The minimum Gasteiger partial charge on any atom is -0.361 e. The van der Waals surface area contributed by atoms with Gasteiger partial charge in [-0.25, -0.2) is 0 Å². The van der Waals surface area contributed by atoms with Gasteiger partial charge in [-0.1, -0.05) is 29.8 Å². The lowest BCUT2D eigenvalue weighted by molar-refractivity contribution is 1.31. The third-order valence-electron chi connectivity index (χ3n) is 3.02.